The lowest BCUT2D eigenvalue weighted by Crippen LogP contribution is -2.54. The Bertz CT molecular complexity index is 493. The average molecular weight is 329 g/mol. The molecule has 1 saturated heterocycles. The van der Waals surface area contributed by atoms with E-state index in [0.29, 0.717) is 18.5 Å². The van der Waals surface area contributed by atoms with Crippen molar-refractivity contribution in [3.05, 3.63) is 16.9 Å². The normalized spacial score (nSPS) is 34.0. The molecule has 0 saturated carbocycles. The number of nitrogens with zero attached hydrogens (tertiary/aromatic N) is 1. The van der Waals surface area contributed by atoms with Crippen molar-refractivity contribution >= 4 is 5.97 Å². The average Bonchev–Trinajstić information content (AvgIpc) is 2.99. The lowest BCUT2D eigenvalue weighted by Gasteiger charge is -2.40. The first-order valence-corrected chi connectivity index (χ1v) is 8.04. The van der Waals surface area contributed by atoms with Gasteiger partial charge in [-0.1, -0.05) is 13.8 Å². The third-order valence-corrected chi connectivity index (χ3v) is 5.27. The van der Waals surface area contributed by atoms with Gasteiger partial charge in [0, 0.05) is 19.1 Å². The number of hydrogen-bond donors (Lipinski definition) is 2. The van der Waals surface area contributed by atoms with E-state index in [1.54, 1.807) is 26.8 Å². The maximum absolute atomic E-state index is 12.5. The number of carbonyl (C=O) groups is 1. The number of fused-ring (bicyclic) bond motifs is 1. The highest BCUT2D eigenvalue weighted by Crippen LogP contribution is 2.36. The molecule has 2 rings (SSSR count). The molecule has 0 aromatic rings. The minimum absolute atomic E-state index is 0.0890. The second-order valence-corrected chi connectivity index (χ2v) is 6.87. The van der Waals surface area contributed by atoms with Gasteiger partial charge in [-0.25, -0.2) is 4.79 Å². The van der Waals surface area contributed by atoms with Crippen LogP contribution in [0.1, 0.15) is 27.2 Å². The first kappa shape index (κ1) is 18.4. The Balaban J connectivity index is 2.04. The molecule has 0 aliphatic carbocycles. The van der Waals surface area contributed by atoms with Crippen LogP contribution >= 0.6 is 0 Å². The van der Waals surface area contributed by atoms with Gasteiger partial charge < -0.3 is 29.5 Å². The second-order valence-electron chi connectivity index (χ2n) is 6.87. The molecule has 2 aliphatic rings. The number of rotatable bonds is 6. The molecule has 0 spiro atoms. The molecule has 0 aromatic carbocycles. The molecule has 0 aromatic heterocycles. The summed E-state index contributed by atoms with van der Waals surface area (Å²) in [5, 5.41) is 33.2. The van der Waals surface area contributed by atoms with E-state index in [0.717, 1.165) is 0 Å². The molecule has 132 valence electrons. The van der Waals surface area contributed by atoms with Crippen molar-refractivity contribution in [2.24, 2.45) is 5.92 Å². The Kier molecular flexibility index (Phi) is 5.18. The Morgan fingerprint density at radius 2 is 2.17 bits per heavy atom. The summed E-state index contributed by atoms with van der Waals surface area (Å²) in [4.78, 5) is 12.4. The zero-order valence-electron chi connectivity index (χ0n) is 14.2. The van der Waals surface area contributed by atoms with E-state index in [1.165, 1.54) is 7.11 Å². The van der Waals surface area contributed by atoms with E-state index < -0.39 is 40.4 Å². The summed E-state index contributed by atoms with van der Waals surface area (Å²) in [5.41, 5.74) is -1.12. The molecule has 1 fully saturated rings. The van der Waals surface area contributed by atoms with Gasteiger partial charge in [-0.05, 0) is 18.9 Å². The summed E-state index contributed by atoms with van der Waals surface area (Å²) >= 11 is 0. The Hall–Kier alpha value is -0.990. The number of aliphatic hydroxyl groups excluding tert-OH is 1. The van der Waals surface area contributed by atoms with Gasteiger partial charge in [0.1, 0.15) is 18.8 Å². The van der Waals surface area contributed by atoms with Crippen molar-refractivity contribution in [1.82, 2.24) is 0 Å². The molecule has 0 bridgehead atoms. The lowest BCUT2D eigenvalue weighted by atomic mass is 9.85. The van der Waals surface area contributed by atoms with Crippen molar-refractivity contribution in [3.8, 4) is 0 Å². The van der Waals surface area contributed by atoms with Gasteiger partial charge in [0.2, 0.25) is 0 Å². The monoisotopic (exact) mass is 329 g/mol. The van der Waals surface area contributed by atoms with Crippen LogP contribution in [0.5, 0.6) is 0 Å². The molecule has 23 heavy (non-hydrogen) atoms. The van der Waals surface area contributed by atoms with Gasteiger partial charge in [-0.15, -0.1) is 0 Å². The van der Waals surface area contributed by atoms with Crippen molar-refractivity contribution in [2.45, 2.75) is 51.0 Å². The van der Waals surface area contributed by atoms with E-state index in [2.05, 4.69) is 0 Å². The van der Waals surface area contributed by atoms with Crippen LogP contribution in [0.2, 0.25) is 0 Å². The molecule has 7 nitrogen and oxygen atoms in total. The van der Waals surface area contributed by atoms with Crippen LogP contribution in [-0.2, 0) is 14.3 Å². The summed E-state index contributed by atoms with van der Waals surface area (Å²) in [6, 6.07) is -0.560. The van der Waals surface area contributed by atoms with Gasteiger partial charge in [-0.2, -0.15) is 0 Å². The van der Waals surface area contributed by atoms with Crippen LogP contribution in [0, 0.1) is 11.1 Å². The molecule has 2 aliphatic heterocycles. The number of methoxy groups -OCH3 is 1. The molecular weight excluding hydrogens is 302 g/mol. The quantitative estimate of drug-likeness (QED) is 0.315. The van der Waals surface area contributed by atoms with Gasteiger partial charge in [-0.3, -0.25) is 0 Å². The Labute approximate surface area is 136 Å². The molecular formula is C16H27NO6. The number of hydroxylamine groups is 3. The molecule has 0 radical (unpaired) electrons. The fourth-order valence-electron chi connectivity index (χ4n) is 3.57. The highest BCUT2D eigenvalue weighted by Gasteiger charge is 2.49. The van der Waals surface area contributed by atoms with Crippen LogP contribution in [0.4, 0.5) is 0 Å². The minimum atomic E-state index is -1.76. The number of aliphatic hydroxyl groups is 2. The molecule has 7 heteroatoms. The first-order chi connectivity index (χ1) is 10.7. The highest BCUT2D eigenvalue weighted by molar-refractivity contribution is 5.80. The van der Waals surface area contributed by atoms with Crippen LogP contribution in [-0.4, -0.2) is 71.5 Å². The SMILES string of the molecule is CO[C@H](C)C(O)(C(=O)OCC1=CC[N+]2([O-])CC[C@H](O)[C@@H]12)C(C)C. The zero-order chi connectivity index (χ0) is 17.4. The number of hydrogen-bond acceptors (Lipinski definition) is 6. The molecule has 5 atom stereocenters. The fourth-order valence-corrected chi connectivity index (χ4v) is 3.57. The third-order valence-electron chi connectivity index (χ3n) is 5.27. The van der Waals surface area contributed by atoms with Crippen LogP contribution in [0.15, 0.2) is 11.6 Å². The summed E-state index contributed by atoms with van der Waals surface area (Å²) in [6.07, 6.45) is 0.762. The van der Waals surface area contributed by atoms with E-state index in [1.807, 2.05) is 0 Å². The van der Waals surface area contributed by atoms with Crippen molar-refractivity contribution in [3.63, 3.8) is 0 Å². The van der Waals surface area contributed by atoms with Crippen LogP contribution < -0.4 is 0 Å². The summed E-state index contributed by atoms with van der Waals surface area (Å²) < 4.78 is 9.92. The Morgan fingerprint density at radius 3 is 2.74 bits per heavy atom. The minimum Gasteiger partial charge on any atom is -0.632 e. The third kappa shape index (κ3) is 3.04. The highest BCUT2D eigenvalue weighted by atomic mass is 16.6. The van der Waals surface area contributed by atoms with Crippen LogP contribution in [0.3, 0.4) is 0 Å². The standard InChI is InChI=1S/C16H27NO6/c1-10(2)16(20,11(3)22-4)15(19)23-9-12-5-7-17(21)8-6-13(18)14(12)17/h5,10-11,13-14,18,20H,6-9H2,1-4H3/t11-,13+,14-,16?,17?/m1/s1. The van der Waals surface area contributed by atoms with Gasteiger partial charge >= 0.3 is 5.97 Å². The van der Waals surface area contributed by atoms with Crippen molar-refractivity contribution in [2.75, 3.05) is 26.8 Å². The maximum Gasteiger partial charge on any atom is 0.341 e. The molecule has 2 unspecified atom stereocenters. The smallest absolute Gasteiger partial charge is 0.341 e. The number of ether oxygens (including phenoxy) is 2. The van der Waals surface area contributed by atoms with Gasteiger partial charge in [0.05, 0.1) is 19.2 Å². The summed E-state index contributed by atoms with van der Waals surface area (Å²) in [5.74, 6) is -1.17. The fraction of sp³-hybridized carbons (Fsp3) is 0.812. The van der Waals surface area contributed by atoms with Crippen molar-refractivity contribution in [1.29, 1.82) is 0 Å². The van der Waals surface area contributed by atoms with Gasteiger partial charge in [0.25, 0.3) is 0 Å². The zero-order valence-corrected chi connectivity index (χ0v) is 14.2. The summed E-state index contributed by atoms with van der Waals surface area (Å²) in [7, 11) is 1.42. The van der Waals surface area contributed by atoms with E-state index in [4.69, 9.17) is 9.47 Å². The molecule has 0 amide bonds. The van der Waals surface area contributed by atoms with Crippen LogP contribution in [0.25, 0.3) is 0 Å². The second kappa shape index (κ2) is 6.49. The number of carbonyl (C=O) groups excluding carboxylic acids is 1. The topological polar surface area (TPSA) is 99.1 Å². The lowest BCUT2D eigenvalue weighted by molar-refractivity contribution is -0.877. The Morgan fingerprint density at radius 1 is 1.52 bits per heavy atom. The largest absolute Gasteiger partial charge is 0.632 e. The maximum atomic E-state index is 12.5. The number of quaternary nitrogens is 1. The molecule has 2 N–H and O–H groups in total. The number of esters is 1. The van der Waals surface area contributed by atoms with E-state index in [9.17, 15) is 20.2 Å². The van der Waals surface area contributed by atoms with Crippen molar-refractivity contribution < 1.29 is 29.1 Å². The predicted octanol–water partition coefficient (Wildman–Crippen LogP) is 0.339. The molecule has 2 heterocycles. The van der Waals surface area contributed by atoms with E-state index in [-0.39, 0.29) is 13.2 Å². The first-order valence-electron chi connectivity index (χ1n) is 8.04. The van der Waals surface area contributed by atoms with Gasteiger partial charge in [0.15, 0.2) is 5.60 Å². The van der Waals surface area contributed by atoms with E-state index >= 15 is 0 Å². The summed E-state index contributed by atoms with van der Waals surface area (Å²) in [6.45, 7) is 5.61. The predicted molar refractivity (Wildman–Crippen MR) is 83.1 cm³/mol.